The fourth-order valence-electron chi connectivity index (χ4n) is 3.18. The van der Waals surface area contributed by atoms with E-state index in [4.69, 9.17) is 10.7 Å². The van der Waals surface area contributed by atoms with E-state index in [-0.39, 0.29) is 5.91 Å². The van der Waals surface area contributed by atoms with Crippen molar-refractivity contribution in [2.75, 3.05) is 11.1 Å². The zero-order valence-electron chi connectivity index (χ0n) is 14.0. The van der Waals surface area contributed by atoms with Crippen molar-refractivity contribution < 1.29 is 4.79 Å². The second-order valence-corrected chi connectivity index (χ2v) is 8.47. The number of amides is 1. The van der Waals surface area contributed by atoms with Gasteiger partial charge in [0.15, 0.2) is 0 Å². The van der Waals surface area contributed by atoms with Gasteiger partial charge in [0, 0.05) is 11.1 Å². The molecule has 6 nitrogen and oxygen atoms in total. The Hall–Kier alpha value is -2.06. The Morgan fingerprint density at radius 1 is 1.16 bits per heavy atom. The highest BCUT2D eigenvalue weighted by Crippen LogP contribution is 2.35. The number of nitrogens with one attached hydrogen (secondary N) is 1. The lowest BCUT2D eigenvalue weighted by molar-refractivity contribution is 0.103. The number of hydrogen-bond acceptors (Lipinski definition) is 7. The van der Waals surface area contributed by atoms with Gasteiger partial charge in [-0.3, -0.25) is 10.1 Å². The van der Waals surface area contributed by atoms with Crippen LogP contribution in [0.4, 0.5) is 10.8 Å². The van der Waals surface area contributed by atoms with E-state index in [0.29, 0.717) is 15.7 Å². The Morgan fingerprint density at radius 2 is 1.96 bits per heavy atom. The summed E-state index contributed by atoms with van der Waals surface area (Å²) in [4.78, 5) is 18.7. The fourth-order valence-corrected chi connectivity index (χ4v) is 4.76. The van der Waals surface area contributed by atoms with Crippen molar-refractivity contribution in [2.45, 2.75) is 45.4 Å². The molecule has 1 aliphatic rings. The first kappa shape index (κ1) is 16.4. The van der Waals surface area contributed by atoms with Crippen LogP contribution in [0.15, 0.2) is 6.07 Å². The lowest BCUT2D eigenvalue weighted by atomic mass is 9.96. The number of anilines is 2. The number of nitrogens with zero attached hydrogens (tertiary/aromatic N) is 3. The molecule has 8 heteroatoms. The Morgan fingerprint density at radius 3 is 2.72 bits per heavy atom. The van der Waals surface area contributed by atoms with E-state index in [2.05, 4.69) is 21.6 Å². The molecule has 0 fully saturated rings. The third-order valence-electron chi connectivity index (χ3n) is 4.45. The van der Waals surface area contributed by atoms with Crippen LogP contribution in [-0.4, -0.2) is 21.1 Å². The van der Waals surface area contributed by atoms with E-state index < -0.39 is 0 Å². The molecule has 0 atom stereocenters. The molecule has 0 saturated heterocycles. The molecule has 0 aliphatic heterocycles. The van der Waals surface area contributed by atoms with Crippen LogP contribution < -0.4 is 11.1 Å². The van der Waals surface area contributed by atoms with Crippen molar-refractivity contribution in [3.05, 3.63) is 27.2 Å². The first-order valence-electron chi connectivity index (χ1n) is 8.44. The van der Waals surface area contributed by atoms with Crippen LogP contribution in [0.1, 0.15) is 51.6 Å². The van der Waals surface area contributed by atoms with E-state index in [1.807, 2.05) is 6.92 Å². The highest BCUT2D eigenvalue weighted by Gasteiger charge is 2.20. The van der Waals surface area contributed by atoms with E-state index in [0.717, 1.165) is 28.1 Å². The van der Waals surface area contributed by atoms with Crippen molar-refractivity contribution >= 4 is 49.6 Å². The van der Waals surface area contributed by atoms with E-state index in [9.17, 15) is 4.79 Å². The van der Waals surface area contributed by atoms with Gasteiger partial charge >= 0.3 is 0 Å². The zero-order chi connectivity index (χ0) is 17.4. The first-order valence-corrected chi connectivity index (χ1v) is 10.1. The van der Waals surface area contributed by atoms with Crippen LogP contribution in [0.5, 0.6) is 0 Å². The quantitative estimate of drug-likeness (QED) is 0.709. The summed E-state index contributed by atoms with van der Waals surface area (Å²) >= 11 is 2.69. The summed E-state index contributed by atoms with van der Waals surface area (Å²) in [6.45, 7) is 1.85. The van der Waals surface area contributed by atoms with E-state index in [1.54, 1.807) is 0 Å². The number of pyridine rings is 1. The number of nitrogens with two attached hydrogens (primary N) is 1. The molecule has 1 aliphatic carbocycles. The van der Waals surface area contributed by atoms with Gasteiger partial charge in [-0.2, -0.15) is 0 Å². The van der Waals surface area contributed by atoms with Gasteiger partial charge < -0.3 is 5.73 Å². The first-order chi connectivity index (χ1) is 12.1. The minimum Gasteiger partial charge on any atom is -0.397 e. The van der Waals surface area contributed by atoms with Gasteiger partial charge in [0.05, 0.1) is 5.69 Å². The van der Waals surface area contributed by atoms with E-state index >= 15 is 0 Å². The van der Waals surface area contributed by atoms with Gasteiger partial charge in [-0.05, 0) is 44.2 Å². The molecule has 25 heavy (non-hydrogen) atoms. The molecule has 0 unspecified atom stereocenters. The molecule has 3 aromatic heterocycles. The SMILES string of the molecule is Cc1nnc(NC(=O)c2sc3nc4c(cc3c2N)CCCCCC4)s1. The number of aromatic nitrogens is 3. The van der Waals surface area contributed by atoms with Gasteiger partial charge in [0.25, 0.3) is 5.91 Å². The molecule has 1 amide bonds. The van der Waals surface area contributed by atoms with Gasteiger partial charge in [0.2, 0.25) is 5.13 Å². The average Bonchev–Trinajstić information content (AvgIpc) is 3.11. The Kier molecular flexibility index (Phi) is 4.39. The normalized spacial score (nSPS) is 14.8. The summed E-state index contributed by atoms with van der Waals surface area (Å²) in [6.07, 6.45) is 6.95. The lowest BCUT2D eigenvalue weighted by Crippen LogP contribution is -2.11. The predicted molar refractivity (Wildman–Crippen MR) is 103 cm³/mol. The summed E-state index contributed by atoms with van der Waals surface area (Å²) < 4.78 is 0. The predicted octanol–water partition coefficient (Wildman–Crippen LogP) is 3.95. The van der Waals surface area contributed by atoms with Crippen LogP contribution in [0.25, 0.3) is 10.2 Å². The molecule has 4 rings (SSSR count). The highest BCUT2D eigenvalue weighted by molar-refractivity contribution is 7.21. The molecule has 3 N–H and O–H groups in total. The summed E-state index contributed by atoms with van der Waals surface area (Å²) in [6, 6.07) is 2.14. The van der Waals surface area contributed by atoms with Crippen LogP contribution in [0.2, 0.25) is 0 Å². The van der Waals surface area contributed by atoms with Crippen molar-refractivity contribution in [1.29, 1.82) is 0 Å². The van der Waals surface area contributed by atoms with Gasteiger partial charge in [-0.1, -0.05) is 24.2 Å². The summed E-state index contributed by atoms with van der Waals surface area (Å²) in [5, 5.41) is 12.8. The maximum atomic E-state index is 12.6. The number of nitrogen functional groups attached to an aromatic ring is 1. The van der Waals surface area contributed by atoms with Gasteiger partial charge in [0.1, 0.15) is 14.7 Å². The molecule has 3 heterocycles. The molecule has 0 radical (unpaired) electrons. The zero-order valence-corrected chi connectivity index (χ0v) is 15.6. The third-order valence-corrected chi connectivity index (χ3v) is 6.32. The minimum atomic E-state index is -0.246. The minimum absolute atomic E-state index is 0.246. The van der Waals surface area contributed by atoms with E-state index in [1.165, 1.54) is 59.6 Å². The Labute approximate surface area is 153 Å². The Balaban J connectivity index is 1.70. The summed E-state index contributed by atoms with van der Waals surface area (Å²) in [5.74, 6) is -0.246. The maximum absolute atomic E-state index is 12.6. The smallest absolute Gasteiger partial charge is 0.269 e. The van der Waals surface area contributed by atoms with Crippen molar-refractivity contribution in [1.82, 2.24) is 15.2 Å². The van der Waals surface area contributed by atoms with Crippen LogP contribution in [-0.2, 0) is 12.8 Å². The number of fused-ring (bicyclic) bond motifs is 2. The molecular weight excluding hydrogens is 354 g/mol. The standard InChI is InChI=1S/C17H19N5OS2/c1-9-21-22-17(24-9)20-15(23)14-13(18)11-8-10-6-4-2-3-5-7-12(10)19-16(11)25-14/h8H,2-7,18H2,1H3,(H,20,22,23). The Bertz CT molecular complexity index is 946. The number of hydrogen-bond donors (Lipinski definition) is 2. The van der Waals surface area contributed by atoms with Crippen molar-refractivity contribution in [3.63, 3.8) is 0 Å². The number of carbonyl (C=O) groups is 1. The third kappa shape index (κ3) is 3.23. The molecular formula is C17H19N5OS2. The number of thiophene rings is 1. The van der Waals surface area contributed by atoms with Crippen molar-refractivity contribution in [3.8, 4) is 0 Å². The van der Waals surface area contributed by atoms with Crippen LogP contribution in [0, 0.1) is 6.92 Å². The molecule has 0 bridgehead atoms. The average molecular weight is 374 g/mol. The molecule has 0 saturated carbocycles. The second-order valence-electron chi connectivity index (χ2n) is 6.29. The van der Waals surface area contributed by atoms with Gasteiger partial charge in [-0.15, -0.1) is 21.5 Å². The number of aryl methyl sites for hydroxylation is 3. The summed E-state index contributed by atoms with van der Waals surface area (Å²) in [7, 11) is 0. The second kappa shape index (κ2) is 6.68. The molecule has 130 valence electrons. The fraction of sp³-hybridized carbons (Fsp3) is 0.412. The lowest BCUT2D eigenvalue weighted by Gasteiger charge is -2.12. The summed E-state index contributed by atoms with van der Waals surface area (Å²) in [5.41, 5.74) is 9.24. The van der Waals surface area contributed by atoms with Crippen LogP contribution in [0.3, 0.4) is 0 Å². The molecule has 0 aromatic carbocycles. The largest absolute Gasteiger partial charge is 0.397 e. The van der Waals surface area contributed by atoms with Gasteiger partial charge in [-0.25, -0.2) is 4.98 Å². The highest BCUT2D eigenvalue weighted by atomic mass is 32.1. The van der Waals surface area contributed by atoms with Crippen molar-refractivity contribution in [2.24, 2.45) is 0 Å². The maximum Gasteiger partial charge on any atom is 0.269 e. The molecule has 0 spiro atoms. The molecule has 3 aromatic rings. The topological polar surface area (TPSA) is 93.8 Å². The monoisotopic (exact) mass is 373 g/mol. The number of carbonyl (C=O) groups excluding carboxylic acids is 1. The van der Waals surface area contributed by atoms with Crippen LogP contribution >= 0.6 is 22.7 Å². The number of rotatable bonds is 2.